The first kappa shape index (κ1) is 11.2. The minimum Gasteiger partial charge on any atom is -0.288 e. The van der Waals surface area contributed by atoms with Crippen LogP contribution in [0.1, 0.15) is 58.6 Å². The minimum atomic E-state index is 0.309. The standard InChI is InChI=1S/C15H18OS/c16-15(11-6-2-1-3-7-11)14-10-12-8-4-5-9-13(12)17-14/h6,10H,1-5,7-9H2. The van der Waals surface area contributed by atoms with Crippen molar-refractivity contribution in [1.29, 1.82) is 0 Å². The van der Waals surface area contributed by atoms with Crippen LogP contribution in [0.15, 0.2) is 17.7 Å². The van der Waals surface area contributed by atoms with Crippen molar-refractivity contribution in [3.63, 3.8) is 0 Å². The van der Waals surface area contributed by atoms with E-state index in [4.69, 9.17) is 0 Å². The summed E-state index contributed by atoms with van der Waals surface area (Å²) in [7, 11) is 0. The highest BCUT2D eigenvalue weighted by Crippen LogP contribution is 2.32. The average molecular weight is 246 g/mol. The van der Waals surface area contributed by atoms with Gasteiger partial charge in [-0.25, -0.2) is 0 Å². The average Bonchev–Trinajstić information content (AvgIpc) is 2.82. The third-order valence-corrected chi connectivity index (χ3v) is 5.04. The minimum absolute atomic E-state index is 0.309. The molecule has 0 spiro atoms. The molecule has 2 heteroatoms. The van der Waals surface area contributed by atoms with Crippen molar-refractivity contribution < 1.29 is 4.79 Å². The summed E-state index contributed by atoms with van der Waals surface area (Å²) < 4.78 is 0. The number of aryl methyl sites for hydroxylation is 2. The van der Waals surface area contributed by atoms with Gasteiger partial charge in [0.1, 0.15) is 0 Å². The van der Waals surface area contributed by atoms with E-state index in [1.165, 1.54) is 49.0 Å². The number of hydrogen-bond acceptors (Lipinski definition) is 2. The summed E-state index contributed by atoms with van der Waals surface area (Å²) in [6.45, 7) is 0. The molecule has 3 rings (SSSR count). The van der Waals surface area contributed by atoms with Crippen molar-refractivity contribution >= 4 is 17.1 Å². The van der Waals surface area contributed by atoms with E-state index in [9.17, 15) is 4.79 Å². The number of carbonyl (C=O) groups excluding carboxylic acids is 1. The molecule has 0 unspecified atom stereocenters. The first-order chi connectivity index (χ1) is 8.34. The molecule has 1 heterocycles. The maximum Gasteiger partial charge on any atom is 0.198 e. The van der Waals surface area contributed by atoms with Gasteiger partial charge in [0.25, 0.3) is 0 Å². The Balaban J connectivity index is 1.86. The molecule has 0 bridgehead atoms. The first-order valence-electron chi connectivity index (χ1n) is 6.70. The maximum absolute atomic E-state index is 12.4. The van der Waals surface area contributed by atoms with E-state index < -0.39 is 0 Å². The summed E-state index contributed by atoms with van der Waals surface area (Å²) in [5.41, 5.74) is 2.51. The van der Waals surface area contributed by atoms with Crippen LogP contribution in [0, 0.1) is 0 Å². The molecule has 90 valence electrons. The van der Waals surface area contributed by atoms with Gasteiger partial charge in [0.15, 0.2) is 5.78 Å². The van der Waals surface area contributed by atoms with Crippen LogP contribution in [0.5, 0.6) is 0 Å². The topological polar surface area (TPSA) is 17.1 Å². The fourth-order valence-corrected chi connectivity index (χ4v) is 4.03. The van der Waals surface area contributed by atoms with Gasteiger partial charge in [0, 0.05) is 4.88 Å². The zero-order valence-electron chi connectivity index (χ0n) is 10.1. The second-order valence-corrected chi connectivity index (χ2v) is 6.21. The van der Waals surface area contributed by atoms with E-state index in [0.29, 0.717) is 5.78 Å². The quantitative estimate of drug-likeness (QED) is 0.711. The maximum atomic E-state index is 12.4. The van der Waals surface area contributed by atoms with Crippen LogP contribution in [0.4, 0.5) is 0 Å². The van der Waals surface area contributed by atoms with Gasteiger partial charge in [-0.05, 0) is 68.6 Å². The summed E-state index contributed by atoms with van der Waals surface area (Å²) in [5.74, 6) is 0.309. The van der Waals surface area contributed by atoms with Crippen LogP contribution < -0.4 is 0 Å². The lowest BCUT2D eigenvalue weighted by Gasteiger charge is -2.10. The van der Waals surface area contributed by atoms with Gasteiger partial charge in [-0.3, -0.25) is 4.79 Å². The second-order valence-electron chi connectivity index (χ2n) is 5.07. The van der Waals surface area contributed by atoms with E-state index in [-0.39, 0.29) is 0 Å². The number of rotatable bonds is 2. The normalized spacial score (nSPS) is 19.6. The lowest BCUT2D eigenvalue weighted by Crippen LogP contribution is -2.04. The van der Waals surface area contributed by atoms with E-state index in [2.05, 4.69) is 12.1 Å². The van der Waals surface area contributed by atoms with Gasteiger partial charge in [-0.2, -0.15) is 0 Å². The van der Waals surface area contributed by atoms with Crippen LogP contribution in [0.25, 0.3) is 0 Å². The molecule has 0 N–H and O–H groups in total. The van der Waals surface area contributed by atoms with E-state index in [1.807, 2.05) is 0 Å². The van der Waals surface area contributed by atoms with Gasteiger partial charge < -0.3 is 0 Å². The summed E-state index contributed by atoms with van der Waals surface area (Å²) in [6, 6.07) is 2.16. The molecule has 0 fully saturated rings. The number of hydrogen-bond donors (Lipinski definition) is 0. The molecular weight excluding hydrogens is 228 g/mol. The number of allylic oxidation sites excluding steroid dienone is 2. The third-order valence-electron chi connectivity index (χ3n) is 3.80. The predicted octanol–water partition coefficient (Wildman–Crippen LogP) is 4.31. The molecule has 0 saturated heterocycles. The Morgan fingerprint density at radius 2 is 1.88 bits per heavy atom. The fourth-order valence-electron chi connectivity index (χ4n) is 2.81. The Kier molecular flexibility index (Phi) is 3.15. The number of fused-ring (bicyclic) bond motifs is 1. The Bertz CT molecular complexity index is 444. The zero-order valence-corrected chi connectivity index (χ0v) is 10.9. The summed E-state index contributed by atoms with van der Waals surface area (Å²) in [6.07, 6.45) is 11.6. The van der Waals surface area contributed by atoms with E-state index in [1.54, 1.807) is 11.3 Å². The van der Waals surface area contributed by atoms with Crippen LogP contribution in [-0.4, -0.2) is 5.78 Å². The summed E-state index contributed by atoms with van der Waals surface area (Å²) in [4.78, 5) is 14.8. The molecule has 0 amide bonds. The summed E-state index contributed by atoms with van der Waals surface area (Å²) in [5, 5.41) is 0. The second kappa shape index (κ2) is 4.77. The Labute approximate surface area is 107 Å². The Hall–Kier alpha value is -0.890. The molecular formula is C15H18OS. The van der Waals surface area contributed by atoms with Crippen molar-refractivity contribution in [3.05, 3.63) is 33.0 Å². The third kappa shape index (κ3) is 2.23. The van der Waals surface area contributed by atoms with Gasteiger partial charge in [-0.15, -0.1) is 11.3 Å². The molecule has 2 aliphatic carbocycles. The molecule has 17 heavy (non-hydrogen) atoms. The van der Waals surface area contributed by atoms with Crippen molar-refractivity contribution in [3.8, 4) is 0 Å². The number of carbonyl (C=O) groups is 1. The van der Waals surface area contributed by atoms with E-state index >= 15 is 0 Å². The largest absolute Gasteiger partial charge is 0.288 e. The van der Waals surface area contributed by atoms with Gasteiger partial charge in [-0.1, -0.05) is 6.08 Å². The predicted molar refractivity (Wildman–Crippen MR) is 71.8 cm³/mol. The molecule has 1 nitrogen and oxygen atoms in total. The number of Topliss-reactive ketones (excluding diaryl/α,β-unsaturated/α-hetero) is 1. The molecule has 0 aliphatic heterocycles. The molecule has 1 aromatic heterocycles. The lowest BCUT2D eigenvalue weighted by molar-refractivity contribution is 0.103. The Morgan fingerprint density at radius 3 is 2.65 bits per heavy atom. The highest BCUT2D eigenvalue weighted by atomic mass is 32.1. The van der Waals surface area contributed by atoms with Crippen LogP contribution in [0.2, 0.25) is 0 Å². The molecule has 1 aromatic rings. The van der Waals surface area contributed by atoms with Crippen LogP contribution in [0.3, 0.4) is 0 Å². The van der Waals surface area contributed by atoms with E-state index in [0.717, 1.165) is 23.3 Å². The van der Waals surface area contributed by atoms with Crippen molar-refractivity contribution in [1.82, 2.24) is 0 Å². The SMILES string of the molecule is O=C(C1=CCCCC1)c1cc2c(s1)CCCC2. The van der Waals surface area contributed by atoms with Gasteiger partial charge >= 0.3 is 0 Å². The number of ketones is 1. The van der Waals surface area contributed by atoms with Crippen LogP contribution in [-0.2, 0) is 12.8 Å². The molecule has 0 saturated carbocycles. The first-order valence-corrected chi connectivity index (χ1v) is 7.51. The molecule has 2 aliphatic rings. The van der Waals surface area contributed by atoms with Crippen molar-refractivity contribution in [2.75, 3.05) is 0 Å². The highest BCUT2D eigenvalue weighted by molar-refractivity contribution is 7.14. The van der Waals surface area contributed by atoms with Crippen molar-refractivity contribution in [2.45, 2.75) is 51.4 Å². The smallest absolute Gasteiger partial charge is 0.198 e. The molecule has 0 radical (unpaired) electrons. The zero-order chi connectivity index (χ0) is 11.7. The molecule has 0 aromatic carbocycles. The molecule has 0 atom stereocenters. The fraction of sp³-hybridized carbons (Fsp3) is 0.533. The van der Waals surface area contributed by atoms with Crippen LogP contribution >= 0.6 is 11.3 Å². The summed E-state index contributed by atoms with van der Waals surface area (Å²) >= 11 is 1.75. The van der Waals surface area contributed by atoms with Crippen molar-refractivity contribution in [2.24, 2.45) is 0 Å². The van der Waals surface area contributed by atoms with Gasteiger partial charge in [0.2, 0.25) is 0 Å². The Morgan fingerprint density at radius 1 is 1.06 bits per heavy atom. The number of thiophene rings is 1. The highest BCUT2D eigenvalue weighted by Gasteiger charge is 2.20. The monoisotopic (exact) mass is 246 g/mol. The lowest BCUT2D eigenvalue weighted by atomic mass is 9.94. The van der Waals surface area contributed by atoms with Gasteiger partial charge in [0.05, 0.1) is 4.88 Å².